The van der Waals surface area contributed by atoms with Crippen molar-refractivity contribution in [2.24, 2.45) is 0 Å². The van der Waals surface area contributed by atoms with Gasteiger partial charge in [0.2, 0.25) is 5.91 Å². The smallest absolute Gasteiger partial charge is 0.405 e. The molecule has 8 heteroatoms. The lowest BCUT2D eigenvalue weighted by Gasteiger charge is -2.26. The minimum Gasteiger partial charge on any atom is -0.465 e. The van der Waals surface area contributed by atoms with Gasteiger partial charge in [0, 0.05) is 24.8 Å². The fraction of sp³-hybridized carbons (Fsp3) is 0.500. The van der Waals surface area contributed by atoms with Crippen LogP contribution in [0.4, 0.5) is 13.6 Å². The highest BCUT2D eigenvalue weighted by atomic mass is 32.2. The molecule has 1 fully saturated rings. The summed E-state index contributed by atoms with van der Waals surface area (Å²) in [4.78, 5) is 25.0. The van der Waals surface area contributed by atoms with Crippen LogP contribution < -0.4 is 5.32 Å². The topological polar surface area (TPSA) is 69.6 Å². The van der Waals surface area contributed by atoms with Crippen molar-refractivity contribution in [2.75, 3.05) is 25.1 Å². The lowest BCUT2D eigenvalue weighted by Crippen LogP contribution is -2.47. The molecule has 0 saturated carbocycles. The van der Waals surface area contributed by atoms with Gasteiger partial charge in [0.25, 0.3) is 0 Å². The van der Waals surface area contributed by atoms with E-state index in [4.69, 9.17) is 5.11 Å². The maximum Gasteiger partial charge on any atom is 0.405 e. The zero-order chi connectivity index (χ0) is 17.7. The molecular weight excluding hydrogens is 338 g/mol. The first-order chi connectivity index (χ1) is 11.4. The van der Waals surface area contributed by atoms with Crippen molar-refractivity contribution < 1.29 is 23.5 Å². The van der Waals surface area contributed by atoms with Crippen molar-refractivity contribution in [2.45, 2.75) is 24.8 Å². The summed E-state index contributed by atoms with van der Waals surface area (Å²) in [6.07, 6.45) is 1.28. The first-order valence-corrected chi connectivity index (χ1v) is 9.04. The summed E-state index contributed by atoms with van der Waals surface area (Å²) in [7, 11) is 0. The van der Waals surface area contributed by atoms with E-state index in [9.17, 15) is 18.4 Å². The van der Waals surface area contributed by atoms with Gasteiger partial charge in [0.1, 0.15) is 6.04 Å². The van der Waals surface area contributed by atoms with Crippen LogP contribution >= 0.6 is 11.8 Å². The Balaban J connectivity index is 2.26. The number of carboxylic acid groups (broad SMARTS) is 1. The number of benzene rings is 1. The van der Waals surface area contributed by atoms with Crippen LogP contribution in [-0.4, -0.2) is 53.1 Å². The van der Waals surface area contributed by atoms with Gasteiger partial charge < -0.3 is 15.3 Å². The number of hydrogen-bond donors (Lipinski definition) is 2. The number of amides is 2. The van der Waals surface area contributed by atoms with Gasteiger partial charge in [-0.2, -0.15) is 11.8 Å². The highest BCUT2D eigenvalue weighted by molar-refractivity contribution is 7.98. The summed E-state index contributed by atoms with van der Waals surface area (Å²) in [5.74, 6) is -1.81. The molecule has 0 spiro atoms. The van der Waals surface area contributed by atoms with E-state index in [-0.39, 0.29) is 30.4 Å². The maximum atomic E-state index is 14.1. The SMILES string of the molecule is CSCCN1C[C@H](c2cccc(F)c2F)CC[C@@H](NC(=O)O)C1=O. The van der Waals surface area contributed by atoms with Crippen LogP contribution in [-0.2, 0) is 4.79 Å². The van der Waals surface area contributed by atoms with Gasteiger partial charge in [-0.1, -0.05) is 12.1 Å². The molecule has 0 bridgehead atoms. The van der Waals surface area contributed by atoms with Gasteiger partial charge in [-0.15, -0.1) is 0 Å². The minimum atomic E-state index is -1.27. The predicted octanol–water partition coefficient (Wildman–Crippen LogP) is 2.67. The number of carbonyl (C=O) groups is 2. The molecule has 132 valence electrons. The zero-order valence-electron chi connectivity index (χ0n) is 13.3. The number of halogens is 2. The predicted molar refractivity (Wildman–Crippen MR) is 88.2 cm³/mol. The van der Waals surface area contributed by atoms with Gasteiger partial charge in [0.05, 0.1) is 0 Å². The molecule has 1 aromatic carbocycles. The molecule has 0 unspecified atom stereocenters. The van der Waals surface area contributed by atoms with Crippen LogP contribution in [0, 0.1) is 11.6 Å². The molecule has 2 rings (SSSR count). The molecule has 1 aromatic rings. The fourth-order valence-electron chi connectivity index (χ4n) is 2.93. The summed E-state index contributed by atoms with van der Waals surface area (Å²) in [6, 6.07) is 3.16. The Kier molecular flexibility index (Phi) is 6.42. The second-order valence-electron chi connectivity index (χ2n) is 5.70. The fourth-order valence-corrected chi connectivity index (χ4v) is 3.34. The number of nitrogens with one attached hydrogen (secondary N) is 1. The Labute approximate surface area is 143 Å². The van der Waals surface area contributed by atoms with Gasteiger partial charge >= 0.3 is 6.09 Å². The van der Waals surface area contributed by atoms with Crippen molar-refractivity contribution >= 4 is 23.8 Å². The van der Waals surface area contributed by atoms with E-state index in [0.29, 0.717) is 18.7 Å². The Bertz CT molecular complexity index is 615. The quantitative estimate of drug-likeness (QED) is 0.849. The van der Waals surface area contributed by atoms with Crippen molar-refractivity contribution in [1.82, 2.24) is 10.2 Å². The highest BCUT2D eigenvalue weighted by Crippen LogP contribution is 2.30. The zero-order valence-corrected chi connectivity index (χ0v) is 14.1. The summed E-state index contributed by atoms with van der Waals surface area (Å²) in [6.45, 7) is 0.683. The molecular formula is C16H20F2N2O3S. The summed E-state index contributed by atoms with van der Waals surface area (Å²) < 4.78 is 27.6. The maximum absolute atomic E-state index is 14.1. The lowest BCUT2D eigenvalue weighted by atomic mass is 9.93. The van der Waals surface area contributed by atoms with Crippen LogP contribution in [0.15, 0.2) is 18.2 Å². The second kappa shape index (κ2) is 8.32. The number of thioether (sulfide) groups is 1. The summed E-state index contributed by atoms with van der Waals surface area (Å²) in [5.41, 5.74) is 0.230. The summed E-state index contributed by atoms with van der Waals surface area (Å²) >= 11 is 1.56. The van der Waals surface area contributed by atoms with E-state index in [1.165, 1.54) is 12.1 Å². The molecule has 1 aliphatic heterocycles. The average Bonchev–Trinajstić information content (AvgIpc) is 2.68. The van der Waals surface area contributed by atoms with Gasteiger partial charge in [0.15, 0.2) is 11.6 Å². The van der Waals surface area contributed by atoms with Crippen LogP contribution in [0.2, 0.25) is 0 Å². The molecule has 24 heavy (non-hydrogen) atoms. The van der Waals surface area contributed by atoms with Crippen LogP contribution in [0.1, 0.15) is 24.3 Å². The monoisotopic (exact) mass is 358 g/mol. The van der Waals surface area contributed by atoms with Crippen LogP contribution in [0.25, 0.3) is 0 Å². The lowest BCUT2D eigenvalue weighted by molar-refractivity contribution is -0.132. The third kappa shape index (κ3) is 4.37. The molecule has 0 radical (unpaired) electrons. The second-order valence-corrected chi connectivity index (χ2v) is 6.68. The Morgan fingerprint density at radius 2 is 2.17 bits per heavy atom. The number of carbonyl (C=O) groups excluding carboxylic acids is 1. The first-order valence-electron chi connectivity index (χ1n) is 7.65. The Hall–Kier alpha value is -1.83. The third-order valence-corrected chi connectivity index (χ3v) is 4.73. The van der Waals surface area contributed by atoms with Crippen molar-refractivity contribution in [3.8, 4) is 0 Å². The van der Waals surface area contributed by atoms with E-state index in [2.05, 4.69) is 5.32 Å². The normalized spacial score (nSPS) is 21.5. The van der Waals surface area contributed by atoms with E-state index in [1.807, 2.05) is 6.26 Å². The molecule has 2 N–H and O–H groups in total. The van der Waals surface area contributed by atoms with Crippen molar-refractivity contribution in [3.63, 3.8) is 0 Å². The first kappa shape index (κ1) is 18.5. The van der Waals surface area contributed by atoms with E-state index < -0.39 is 23.8 Å². The molecule has 1 aliphatic rings. The molecule has 0 aromatic heterocycles. The van der Waals surface area contributed by atoms with Gasteiger partial charge in [-0.05, 0) is 30.7 Å². The standard InChI is InChI=1S/C16H20F2N2O3S/c1-24-8-7-20-9-10(11-3-2-4-12(17)14(11)18)5-6-13(15(20)21)19-16(22)23/h2-4,10,13,19H,5-9H2,1H3,(H,22,23)/t10-,13-/m1/s1. The van der Waals surface area contributed by atoms with E-state index in [1.54, 1.807) is 16.7 Å². The van der Waals surface area contributed by atoms with E-state index >= 15 is 0 Å². The van der Waals surface area contributed by atoms with E-state index in [0.717, 1.165) is 6.07 Å². The Morgan fingerprint density at radius 1 is 1.42 bits per heavy atom. The average molecular weight is 358 g/mol. The highest BCUT2D eigenvalue weighted by Gasteiger charge is 2.33. The molecule has 1 heterocycles. The molecule has 2 atom stereocenters. The molecule has 1 saturated heterocycles. The minimum absolute atomic E-state index is 0.230. The van der Waals surface area contributed by atoms with Gasteiger partial charge in [-0.3, -0.25) is 4.79 Å². The van der Waals surface area contributed by atoms with Crippen molar-refractivity contribution in [3.05, 3.63) is 35.4 Å². The number of hydrogen-bond acceptors (Lipinski definition) is 3. The number of rotatable bonds is 5. The van der Waals surface area contributed by atoms with Crippen molar-refractivity contribution in [1.29, 1.82) is 0 Å². The van der Waals surface area contributed by atoms with Crippen LogP contribution in [0.3, 0.4) is 0 Å². The summed E-state index contributed by atoms with van der Waals surface area (Å²) in [5, 5.41) is 11.1. The Morgan fingerprint density at radius 3 is 2.83 bits per heavy atom. The van der Waals surface area contributed by atoms with Gasteiger partial charge in [-0.25, -0.2) is 13.6 Å². The largest absolute Gasteiger partial charge is 0.465 e. The number of likely N-dealkylation sites (tertiary alicyclic amines) is 1. The molecule has 0 aliphatic carbocycles. The molecule has 2 amide bonds. The third-order valence-electron chi connectivity index (χ3n) is 4.14. The molecule has 5 nitrogen and oxygen atoms in total. The van der Waals surface area contributed by atoms with Crippen LogP contribution in [0.5, 0.6) is 0 Å². The number of nitrogens with zero attached hydrogens (tertiary/aromatic N) is 1.